The van der Waals surface area contributed by atoms with Gasteiger partial charge in [-0.2, -0.15) is 5.26 Å². The van der Waals surface area contributed by atoms with Crippen molar-refractivity contribution in [3.63, 3.8) is 0 Å². The summed E-state index contributed by atoms with van der Waals surface area (Å²) in [5.74, 6) is 0.342. The summed E-state index contributed by atoms with van der Waals surface area (Å²) < 4.78 is 10.6. The molecule has 3 aromatic rings. The number of aromatic nitrogens is 1. The monoisotopic (exact) mass is 375 g/mol. The van der Waals surface area contributed by atoms with Gasteiger partial charge in [-0.1, -0.05) is 18.2 Å². The average molecular weight is 375 g/mol. The topological polar surface area (TPSA) is 58.4 Å². The first-order chi connectivity index (χ1) is 13.7. The van der Waals surface area contributed by atoms with Crippen LogP contribution < -0.4 is 9.64 Å². The second-order valence-electron chi connectivity index (χ2n) is 6.41. The minimum atomic E-state index is 0.342. The third-order valence-corrected chi connectivity index (χ3v) is 4.82. The summed E-state index contributed by atoms with van der Waals surface area (Å²) in [6.45, 7) is 7.09. The predicted octanol–water partition coefficient (Wildman–Crippen LogP) is 4.64. The molecule has 0 bridgehead atoms. The Bertz CT molecular complexity index is 991. The molecule has 0 aliphatic heterocycles. The van der Waals surface area contributed by atoms with Gasteiger partial charge in [-0.25, -0.2) is 4.98 Å². The van der Waals surface area contributed by atoms with E-state index in [-0.39, 0.29) is 0 Å². The van der Waals surface area contributed by atoms with E-state index in [4.69, 9.17) is 9.47 Å². The van der Waals surface area contributed by atoms with E-state index in [1.54, 1.807) is 13.3 Å². The number of anilines is 1. The number of nitrogens with zero attached hydrogens (tertiary/aromatic N) is 3. The van der Waals surface area contributed by atoms with Crippen molar-refractivity contribution in [1.82, 2.24) is 4.98 Å². The molecule has 0 unspecified atom stereocenters. The third-order valence-electron chi connectivity index (χ3n) is 4.82. The number of hydrogen-bond donors (Lipinski definition) is 0. The molecule has 0 amide bonds. The zero-order chi connectivity index (χ0) is 19.9. The summed E-state index contributed by atoms with van der Waals surface area (Å²) in [6.07, 6.45) is 1.67. The van der Waals surface area contributed by atoms with Crippen LogP contribution in [0, 0.1) is 11.3 Å². The number of pyridine rings is 1. The van der Waals surface area contributed by atoms with E-state index in [0.717, 1.165) is 29.6 Å². The summed E-state index contributed by atoms with van der Waals surface area (Å²) in [7, 11) is 1.61. The number of benzene rings is 2. The number of ether oxygens (including phenoxy) is 2. The smallest absolute Gasteiger partial charge is 0.232 e. The van der Waals surface area contributed by atoms with Crippen LogP contribution in [-0.2, 0) is 4.74 Å². The fourth-order valence-electron chi connectivity index (χ4n) is 3.31. The van der Waals surface area contributed by atoms with Crippen molar-refractivity contribution in [2.75, 3.05) is 38.3 Å². The summed E-state index contributed by atoms with van der Waals surface area (Å²) in [6, 6.07) is 16.8. The minimum absolute atomic E-state index is 0.342. The van der Waals surface area contributed by atoms with Crippen molar-refractivity contribution in [3.8, 4) is 23.1 Å². The van der Waals surface area contributed by atoms with Gasteiger partial charge in [-0.3, -0.25) is 0 Å². The summed E-state index contributed by atoms with van der Waals surface area (Å²) in [5, 5.41) is 12.0. The fraction of sp³-hybridized carbons (Fsp3) is 0.304. The van der Waals surface area contributed by atoms with Crippen LogP contribution >= 0.6 is 0 Å². The molecule has 5 heteroatoms. The highest BCUT2D eigenvalue weighted by Crippen LogP contribution is 2.32. The Morgan fingerprint density at radius 2 is 1.75 bits per heavy atom. The standard InChI is InChI=1S/C23H25N3O2/c1-4-26(5-2)20-9-8-17-14-19(7-6-18(17)15-20)21-10-11-25-23(22(21)16-24)28-13-12-27-3/h6-11,14-15H,4-5,12-13H2,1-3H3. The SMILES string of the molecule is CCN(CC)c1ccc2cc(-c3ccnc(OCCOC)c3C#N)ccc2c1. The van der Waals surface area contributed by atoms with Gasteiger partial charge in [-0.15, -0.1) is 0 Å². The molecule has 28 heavy (non-hydrogen) atoms. The van der Waals surface area contributed by atoms with Gasteiger partial charge >= 0.3 is 0 Å². The molecule has 0 N–H and O–H groups in total. The lowest BCUT2D eigenvalue weighted by Crippen LogP contribution is -2.21. The average Bonchev–Trinajstić information content (AvgIpc) is 2.74. The lowest BCUT2D eigenvalue weighted by atomic mass is 9.98. The summed E-state index contributed by atoms with van der Waals surface area (Å²) in [5.41, 5.74) is 3.46. The predicted molar refractivity (Wildman–Crippen MR) is 113 cm³/mol. The minimum Gasteiger partial charge on any atom is -0.474 e. The van der Waals surface area contributed by atoms with E-state index in [0.29, 0.717) is 24.7 Å². The van der Waals surface area contributed by atoms with Crippen LogP contribution in [0.5, 0.6) is 5.88 Å². The molecular weight excluding hydrogens is 350 g/mol. The quantitative estimate of drug-likeness (QED) is 0.537. The van der Waals surface area contributed by atoms with Gasteiger partial charge in [-0.05, 0) is 54.4 Å². The summed E-state index contributed by atoms with van der Waals surface area (Å²) >= 11 is 0. The normalized spacial score (nSPS) is 10.6. The van der Waals surface area contributed by atoms with Gasteiger partial charge in [0, 0.05) is 37.6 Å². The Balaban J connectivity index is 1.99. The van der Waals surface area contributed by atoms with Gasteiger partial charge in [0.1, 0.15) is 18.2 Å². The largest absolute Gasteiger partial charge is 0.474 e. The molecule has 0 atom stereocenters. The molecule has 0 aliphatic carbocycles. The third kappa shape index (κ3) is 4.08. The van der Waals surface area contributed by atoms with Gasteiger partial charge in [0.25, 0.3) is 0 Å². The van der Waals surface area contributed by atoms with Crippen molar-refractivity contribution in [2.45, 2.75) is 13.8 Å². The highest BCUT2D eigenvalue weighted by Gasteiger charge is 2.13. The van der Waals surface area contributed by atoms with Crippen LogP contribution in [0.3, 0.4) is 0 Å². The molecule has 3 rings (SSSR count). The van der Waals surface area contributed by atoms with Crippen molar-refractivity contribution in [2.24, 2.45) is 0 Å². The van der Waals surface area contributed by atoms with Crippen LogP contribution in [0.1, 0.15) is 19.4 Å². The Morgan fingerprint density at radius 3 is 2.46 bits per heavy atom. The maximum Gasteiger partial charge on any atom is 0.232 e. The van der Waals surface area contributed by atoms with Crippen molar-refractivity contribution in [3.05, 3.63) is 54.2 Å². The second-order valence-corrected chi connectivity index (χ2v) is 6.41. The highest BCUT2D eigenvalue weighted by molar-refractivity contribution is 5.90. The molecule has 0 aliphatic rings. The maximum atomic E-state index is 9.68. The van der Waals surface area contributed by atoms with Gasteiger partial charge < -0.3 is 14.4 Å². The van der Waals surface area contributed by atoms with Crippen LogP contribution in [0.25, 0.3) is 21.9 Å². The Morgan fingerprint density at radius 1 is 1.00 bits per heavy atom. The van der Waals surface area contributed by atoms with E-state index in [2.05, 4.69) is 60.1 Å². The molecule has 0 saturated carbocycles. The van der Waals surface area contributed by atoms with E-state index in [1.165, 1.54) is 11.1 Å². The van der Waals surface area contributed by atoms with E-state index >= 15 is 0 Å². The molecular formula is C23H25N3O2. The van der Waals surface area contributed by atoms with Crippen molar-refractivity contribution < 1.29 is 9.47 Å². The number of fused-ring (bicyclic) bond motifs is 1. The van der Waals surface area contributed by atoms with Gasteiger partial charge in [0.05, 0.1) is 6.61 Å². The molecule has 144 valence electrons. The number of methoxy groups -OCH3 is 1. The van der Waals surface area contributed by atoms with Gasteiger partial charge in [0.15, 0.2) is 0 Å². The fourth-order valence-corrected chi connectivity index (χ4v) is 3.31. The molecule has 5 nitrogen and oxygen atoms in total. The lowest BCUT2D eigenvalue weighted by Gasteiger charge is -2.21. The second kappa shape index (κ2) is 9.20. The molecule has 2 aromatic carbocycles. The molecule has 0 radical (unpaired) electrons. The molecule has 0 saturated heterocycles. The Hall–Kier alpha value is -3.10. The summed E-state index contributed by atoms with van der Waals surface area (Å²) in [4.78, 5) is 6.54. The molecule has 1 heterocycles. The molecule has 1 aromatic heterocycles. The first-order valence-electron chi connectivity index (χ1n) is 9.51. The van der Waals surface area contributed by atoms with E-state index in [1.807, 2.05) is 12.1 Å². The van der Waals surface area contributed by atoms with Crippen LogP contribution in [0.15, 0.2) is 48.7 Å². The Kier molecular flexibility index (Phi) is 6.46. The van der Waals surface area contributed by atoms with Crippen LogP contribution in [-0.4, -0.2) is 38.4 Å². The number of rotatable bonds is 8. The zero-order valence-electron chi connectivity index (χ0n) is 16.6. The number of nitriles is 1. The van der Waals surface area contributed by atoms with Crippen molar-refractivity contribution >= 4 is 16.5 Å². The number of hydrogen-bond acceptors (Lipinski definition) is 5. The van der Waals surface area contributed by atoms with E-state index in [9.17, 15) is 5.26 Å². The van der Waals surface area contributed by atoms with E-state index < -0.39 is 0 Å². The van der Waals surface area contributed by atoms with Crippen molar-refractivity contribution in [1.29, 1.82) is 5.26 Å². The lowest BCUT2D eigenvalue weighted by molar-refractivity contribution is 0.143. The highest BCUT2D eigenvalue weighted by atomic mass is 16.5. The van der Waals surface area contributed by atoms with Gasteiger partial charge in [0.2, 0.25) is 5.88 Å². The molecule has 0 spiro atoms. The maximum absolute atomic E-state index is 9.68. The Labute approximate surface area is 166 Å². The van der Waals surface area contributed by atoms with Crippen LogP contribution in [0.4, 0.5) is 5.69 Å². The molecule has 0 fully saturated rings. The first kappa shape index (κ1) is 19.7. The van der Waals surface area contributed by atoms with Crippen LogP contribution in [0.2, 0.25) is 0 Å². The first-order valence-corrected chi connectivity index (χ1v) is 9.51. The zero-order valence-corrected chi connectivity index (χ0v) is 16.6.